The largest absolute Gasteiger partial charge is 0.399 e. The highest BCUT2D eigenvalue weighted by Gasteiger charge is 2.25. The minimum Gasteiger partial charge on any atom is -0.399 e. The molecule has 3 aromatic rings. The van der Waals surface area contributed by atoms with Crippen LogP contribution in [0.4, 0.5) is 5.69 Å². The first-order chi connectivity index (χ1) is 10.3. The Labute approximate surface area is 128 Å². The van der Waals surface area contributed by atoms with Crippen LogP contribution in [0.15, 0.2) is 54.0 Å². The van der Waals surface area contributed by atoms with E-state index in [1.165, 1.54) is 40.1 Å². The molecule has 2 N–H and O–H groups in total. The van der Waals surface area contributed by atoms with Gasteiger partial charge in [0.25, 0.3) is 0 Å². The maximum atomic E-state index is 5.75. The second kappa shape index (κ2) is 5.01. The molecule has 0 radical (unpaired) electrons. The first-order valence-electron chi connectivity index (χ1n) is 7.20. The van der Waals surface area contributed by atoms with E-state index in [2.05, 4.69) is 40.7 Å². The maximum absolute atomic E-state index is 5.75. The molecule has 1 aromatic carbocycles. The summed E-state index contributed by atoms with van der Waals surface area (Å²) in [5.74, 6) is 0.695. The summed E-state index contributed by atoms with van der Waals surface area (Å²) < 4.78 is 0. The van der Waals surface area contributed by atoms with Crippen molar-refractivity contribution in [1.29, 1.82) is 0 Å². The molecule has 3 heteroatoms. The van der Waals surface area contributed by atoms with Crippen molar-refractivity contribution >= 4 is 17.0 Å². The lowest BCUT2D eigenvalue weighted by molar-refractivity contribution is 1.02. The minimum absolute atomic E-state index is 0.695. The maximum Gasteiger partial charge on any atom is 0.0440 e. The number of benzene rings is 1. The lowest BCUT2D eigenvalue weighted by Crippen LogP contribution is -1.86. The summed E-state index contributed by atoms with van der Waals surface area (Å²) in [4.78, 5) is 5.76. The number of hydrogen-bond acceptors (Lipinski definition) is 3. The van der Waals surface area contributed by atoms with Gasteiger partial charge in [-0.15, -0.1) is 11.3 Å². The second-order valence-electron chi connectivity index (χ2n) is 5.57. The molecule has 1 fully saturated rings. The van der Waals surface area contributed by atoms with Gasteiger partial charge in [0.15, 0.2) is 0 Å². The average molecular weight is 292 g/mol. The van der Waals surface area contributed by atoms with Crippen LogP contribution in [0.2, 0.25) is 0 Å². The van der Waals surface area contributed by atoms with E-state index in [9.17, 15) is 0 Å². The van der Waals surface area contributed by atoms with Crippen LogP contribution < -0.4 is 5.73 Å². The van der Waals surface area contributed by atoms with E-state index in [-0.39, 0.29) is 0 Å². The molecule has 1 saturated carbocycles. The van der Waals surface area contributed by atoms with Crippen molar-refractivity contribution in [3.05, 3.63) is 59.7 Å². The summed E-state index contributed by atoms with van der Waals surface area (Å²) in [5.41, 5.74) is 11.6. The average Bonchev–Trinajstić information content (AvgIpc) is 3.26. The van der Waals surface area contributed by atoms with Crippen LogP contribution in [0.5, 0.6) is 0 Å². The summed E-state index contributed by atoms with van der Waals surface area (Å²) in [6.45, 7) is 0. The van der Waals surface area contributed by atoms with Crippen molar-refractivity contribution in [1.82, 2.24) is 4.98 Å². The molecule has 0 bridgehead atoms. The van der Waals surface area contributed by atoms with Crippen molar-refractivity contribution < 1.29 is 0 Å². The van der Waals surface area contributed by atoms with Crippen LogP contribution in [0, 0.1) is 0 Å². The van der Waals surface area contributed by atoms with Gasteiger partial charge in [0.05, 0.1) is 0 Å². The normalized spacial score (nSPS) is 14.3. The molecule has 1 aliphatic rings. The zero-order chi connectivity index (χ0) is 14.2. The predicted octanol–water partition coefficient (Wildman–Crippen LogP) is 4.94. The Hall–Kier alpha value is -2.13. The van der Waals surface area contributed by atoms with Crippen LogP contribution in [-0.2, 0) is 0 Å². The SMILES string of the molecule is Nc1ccc(-c2cc(-c3ccnc(C4CC4)c3)cs2)cc1. The van der Waals surface area contributed by atoms with Gasteiger partial charge in [-0.25, -0.2) is 0 Å². The molecule has 0 unspecified atom stereocenters. The second-order valence-corrected chi connectivity index (χ2v) is 6.48. The molecule has 104 valence electrons. The number of thiophene rings is 1. The first kappa shape index (κ1) is 12.6. The molecular weight excluding hydrogens is 276 g/mol. The predicted molar refractivity (Wildman–Crippen MR) is 89.4 cm³/mol. The molecule has 21 heavy (non-hydrogen) atoms. The van der Waals surface area contributed by atoms with Crippen molar-refractivity contribution in [2.24, 2.45) is 0 Å². The number of nitrogens with two attached hydrogens (primary N) is 1. The molecule has 1 aliphatic carbocycles. The van der Waals surface area contributed by atoms with Crippen LogP contribution in [0.25, 0.3) is 21.6 Å². The van der Waals surface area contributed by atoms with Crippen molar-refractivity contribution in [3.8, 4) is 21.6 Å². The van der Waals surface area contributed by atoms with E-state index in [1.54, 1.807) is 11.3 Å². The standard InChI is InChI=1S/C18H16N2S/c19-16-5-3-13(4-6-16)18-10-15(11-21-18)14-7-8-20-17(9-14)12-1-2-12/h3-12H,1-2,19H2. The molecule has 0 atom stereocenters. The highest BCUT2D eigenvalue weighted by Crippen LogP contribution is 2.40. The lowest BCUT2D eigenvalue weighted by Gasteiger charge is -2.01. The van der Waals surface area contributed by atoms with Gasteiger partial charge in [0.1, 0.15) is 0 Å². The van der Waals surface area contributed by atoms with E-state index < -0.39 is 0 Å². The molecule has 0 aliphatic heterocycles. The third kappa shape index (κ3) is 2.57. The topological polar surface area (TPSA) is 38.9 Å². The Kier molecular flexibility index (Phi) is 3.00. The fourth-order valence-corrected chi connectivity index (χ4v) is 3.44. The third-order valence-electron chi connectivity index (χ3n) is 3.90. The molecule has 2 heterocycles. The Morgan fingerprint density at radius 3 is 2.52 bits per heavy atom. The van der Waals surface area contributed by atoms with Crippen LogP contribution in [0.1, 0.15) is 24.5 Å². The van der Waals surface area contributed by atoms with Crippen LogP contribution in [-0.4, -0.2) is 4.98 Å². The smallest absolute Gasteiger partial charge is 0.0440 e. The Morgan fingerprint density at radius 2 is 1.76 bits per heavy atom. The van der Waals surface area contributed by atoms with Gasteiger partial charge < -0.3 is 5.73 Å². The molecule has 4 rings (SSSR count). The van der Waals surface area contributed by atoms with Crippen molar-refractivity contribution in [2.45, 2.75) is 18.8 Å². The van der Waals surface area contributed by atoms with Crippen LogP contribution >= 0.6 is 11.3 Å². The number of nitrogens with zero attached hydrogens (tertiary/aromatic N) is 1. The third-order valence-corrected chi connectivity index (χ3v) is 4.88. The fraction of sp³-hybridized carbons (Fsp3) is 0.167. The molecular formula is C18H16N2S. The van der Waals surface area contributed by atoms with Gasteiger partial charge in [0.2, 0.25) is 0 Å². The Bertz CT molecular complexity index is 770. The van der Waals surface area contributed by atoms with Gasteiger partial charge in [-0.3, -0.25) is 4.98 Å². The van der Waals surface area contributed by atoms with Gasteiger partial charge in [-0.1, -0.05) is 12.1 Å². The van der Waals surface area contributed by atoms with Crippen LogP contribution in [0.3, 0.4) is 0 Å². The van der Waals surface area contributed by atoms with Gasteiger partial charge in [0, 0.05) is 28.4 Å². The highest BCUT2D eigenvalue weighted by atomic mass is 32.1. The van der Waals surface area contributed by atoms with E-state index in [4.69, 9.17) is 5.73 Å². The zero-order valence-electron chi connectivity index (χ0n) is 11.6. The highest BCUT2D eigenvalue weighted by molar-refractivity contribution is 7.14. The van der Waals surface area contributed by atoms with Gasteiger partial charge in [-0.2, -0.15) is 0 Å². The Balaban J connectivity index is 1.67. The minimum atomic E-state index is 0.695. The molecule has 2 aromatic heterocycles. The molecule has 0 saturated heterocycles. The summed E-state index contributed by atoms with van der Waals surface area (Å²) >= 11 is 1.77. The molecule has 0 amide bonds. The van der Waals surface area contributed by atoms with E-state index >= 15 is 0 Å². The molecule has 0 spiro atoms. The summed E-state index contributed by atoms with van der Waals surface area (Å²) in [7, 11) is 0. The number of pyridine rings is 1. The fourth-order valence-electron chi connectivity index (χ4n) is 2.52. The summed E-state index contributed by atoms with van der Waals surface area (Å²) in [6, 6.07) is 14.6. The quantitative estimate of drug-likeness (QED) is 0.695. The number of nitrogen functional groups attached to an aromatic ring is 1. The van der Waals surface area contributed by atoms with Gasteiger partial charge >= 0.3 is 0 Å². The van der Waals surface area contributed by atoms with Crippen molar-refractivity contribution in [3.63, 3.8) is 0 Å². The van der Waals surface area contributed by atoms with E-state index in [0.717, 1.165) is 5.69 Å². The zero-order valence-corrected chi connectivity index (χ0v) is 12.4. The number of rotatable bonds is 3. The lowest BCUT2D eigenvalue weighted by atomic mass is 10.1. The number of aromatic nitrogens is 1. The van der Waals surface area contributed by atoms with Gasteiger partial charge in [-0.05, 0) is 65.2 Å². The van der Waals surface area contributed by atoms with E-state index in [1.807, 2.05) is 18.3 Å². The number of anilines is 1. The number of hydrogen-bond donors (Lipinski definition) is 1. The monoisotopic (exact) mass is 292 g/mol. The summed E-state index contributed by atoms with van der Waals surface area (Å²) in [6.07, 6.45) is 4.51. The molecule has 2 nitrogen and oxygen atoms in total. The van der Waals surface area contributed by atoms with Crippen molar-refractivity contribution in [2.75, 3.05) is 5.73 Å². The van der Waals surface area contributed by atoms with E-state index in [0.29, 0.717) is 5.92 Å². The Morgan fingerprint density at radius 1 is 0.952 bits per heavy atom. The first-order valence-corrected chi connectivity index (χ1v) is 8.08. The summed E-state index contributed by atoms with van der Waals surface area (Å²) in [5, 5.41) is 2.22.